The van der Waals surface area contributed by atoms with Crippen molar-refractivity contribution in [1.82, 2.24) is 15.1 Å². The molecule has 0 aliphatic carbocycles. The van der Waals surface area contributed by atoms with Crippen molar-refractivity contribution in [3.63, 3.8) is 0 Å². The van der Waals surface area contributed by atoms with Gasteiger partial charge in [0.15, 0.2) is 0 Å². The Kier molecular flexibility index (Phi) is 4.95. The molecule has 2 aliphatic heterocycles. The minimum absolute atomic E-state index is 0.0125. The summed E-state index contributed by atoms with van der Waals surface area (Å²) in [5.41, 5.74) is 0. The third-order valence-corrected chi connectivity index (χ3v) is 5.34. The Labute approximate surface area is 139 Å². The van der Waals surface area contributed by atoms with E-state index < -0.39 is 0 Å². The number of nitrogens with zero attached hydrogens (tertiary/aromatic N) is 2. The van der Waals surface area contributed by atoms with Crippen LogP contribution in [0.4, 0.5) is 0 Å². The van der Waals surface area contributed by atoms with E-state index in [9.17, 15) is 14.4 Å². The van der Waals surface area contributed by atoms with Crippen LogP contribution in [0.2, 0.25) is 0 Å². The lowest BCUT2D eigenvalue weighted by Crippen LogP contribution is -2.54. The molecular weight excluding hydrogens is 314 g/mol. The number of aryl methyl sites for hydroxylation is 1. The molecule has 1 aromatic heterocycles. The quantitative estimate of drug-likeness (QED) is 0.877. The maximum atomic E-state index is 12.3. The van der Waals surface area contributed by atoms with Crippen molar-refractivity contribution in [3.8, 4) is 0 Å². The summed E-state index contributed by atoms with van der Waals surface area (Å²) >= 11 is 1.67. The molecule has 3 rings (SSSR count). The Hall–Kier alpha value is -1.89. The monoisotopic (exact) mass is 335 g/mol. The highest BCUT2D eigenvalue weighted by Crippen LogP contribution is 2.14. The number of nitrogens with one attached hydrogen (secondary N) is 1. The Morgan fingerprint density at radius 1 is 1.22 bits per heavy atom. The average Bonchev–Trinajstić information content (AvgIpc) is 3.23. The summed E-state index contributed by atoms with van der Waals surface area (Å²) < 4.78 is 0. The summed E-state index contributed by atoms with van der Waals surface area (Å²) in [6.45, 7) is 2.26. The van der Waals surface area contributed by atoms with Crippen LogP contribution in [-0.2, 0) is 20.8 Å². The predicted molar refractivity (Wildman–Crippen MR) is 87.0 cm³/mol. The molecule has 23 heavy (non-hydrogen) atoms. The first-order valence-electron chi connectivity index (χ1n) is 8.02. The molecule has 0 spiro atoms. The van der Waals surface area contributed by atoms with Crippen LogP contribution in [-0.4, -0.2) is 59.7 Å². The molecule has 2 fully saturated rings. The number of rotatable bonds is 4. The maximum Gasteiger partial charge on any atom is 0.245 e. The number of amides is 3. The number of thiophene rings is 1. The van der Waals surface area contributed by atoms with Gasteiger partial charge in [-0.15, -0.1) is 11.3 Å². The molecule has 1 unspecified atom stereocenters. The van der Waals surface area contributed by atoms with E-state index in [-0.39, 0.29) is 23.8 Å². The highest BCUT2D eigenvalue weighted by molar-refractivity contribution is 7.09. The SMILES string of the molecule is O=C1CCC(C(=O)N2CCN(C(=O)CCc3cccs3)CC2)N1. The van der Waals surface area contributed by atoms with Crippen LogP contribution in [0.1, 0.15) is 24.1 Å². The molecule has 2 aliphatic rings. The smallest absolute Gasteiger partial charge is 0.245 e. The molecule has 6 nitrogen and oxygen atoms in total. The summed E-state index contributed by atoms with van der Waals surface area (Å²) in [6, 6.07) is 3.67. The van der Waals surface area contributed by atoms with E-state index in [0.717, 1.165) is 6.42 Å². The second kappa shape index (κ2) is 7.12. The molecule has 1 atom stereocenters. The molecule has 3 amide bonds. The Morgan fingerprint density at radius 2 is 1.96 bits per heavy atom. The molecule has 2 saturated heterocycles. The van der Waals surface area contributed by atoms with Crippen molar-refractivity contribution in [2.24, 2.45) is 0 Å². The molecular formula is C16H21N3O3S. The standard InChI is InChI=1S/C16H21N3O3S/c20-14-5-4-13(17-14)16(22)19-9-7-18(8-10-19)15(21)6-3-12-2-1-11-23-12/h1-2,11,13H,3-10H2,(H,17,20). The summed E-state index contributed by atoms with van der Waals surface area (Å²) in [5.74, 6) is 0.0898. The van der Waals surface area contributed by atoms with Gasteiger partial charge < -0.3 is 15.1 Å². The summed E-state index contributed by atoms with van der Waals surface area (Å²) in [6.07, 6.45) is 2.31. The van der Waals surface area contributed by atoms with Gasteiger partial charge in [-0.05, 0) is 24.3 Å². The summed E-state index contributed by atoms with van der Waals surface area (Å²) in [5, 5.41) is 4.73. The number of hydrogen-bond donors (Lipinski definition) is 1. The van der Waals surface area contributed by atoms with Gasteiger partial charge in [0.05, 0.1) is 0 Å². The maximum absolute atomic E-state index is 12.3. The Bertz CT molecular complexity index is 579. The average molecular weight is 335 g/mol. The molecule has 0 aromatic carbocycles. The third-order valence-electron chi connectivity index (χ3n) is 4.40. The normalized spacial score (nSPS) is 21.4. The number of carbonyl (C=O) groups is 3. The van der Waals surface area contributed by atoms with Crippen LogP contribution in [0.25, 0.3) is 0 Å². The van der Waals surface area contributed by atoms with Crippen molar-refractivity contribution < 1.29 is 14.4 Å². The van der Waals surface area contributed by atoms with Gasteiger partial charge in [0.2, 0.25) is 17.7 Å². The van der Waals surface area contributed by atoms with Gasteiger partial charge in [-0.25, -0.2) is 0 Å². The third kappa shape index (κ3) is 3.90. The first-order chi connectivity index (χ1) is 11.1. The van der Waals surface area contributed by atoms with E-state index in [4.69, 9.17) is 0 Å². The minimum atomic E-state index is -0.372. The lowest BCUT2D eigenvalue weighted by atomic mass is 10.1. The highest BCUT2D eigenvalue weighted by atomic mass is 32.1. The van der Waals surface area contributed by atoms with Crippen LogP contribution >= 0.6 is 11.3 Å². The van der Waals surface area contributed by atoms with Crippen molar-refractivity contribution in [3.05, 3.63) is 22.4 Å². The fourth-order valence-electron chi connectivity index (χ4n) is 3.04. The van der Waals surface area contributed by atoms with E-state index >= 15 is 0 Å². The van der Waals surface area contributed by atoms with Gasteiger partial charge in [-0.3, -0.25) is 14.4 Å². The molecule has 3 heterocycles. The number of carbonyl (C=O) groups excluding carboxylic acids is 3. The van der Waals surface area contributed by atoms with Crippen molar-refractivity contribution in [2.45, 2.75) is 31.7 Å². The second-order valence-corrected chi connectivity index (χ2v) is 6.98. The van der Waals surface area contributed by atoms with Gasteiger partial charge in [0.25, 0.3) is 0 Å². The van der Waals surface area contributed by atoms with Gasteiger partial charge in [0.1, 0.15) is 6.04 Å². The number of piperazine rings is 1. The summed E-state index contributed by atoms with van der Waals surface area (Å²) in [4.78, 5) is 40.6. The lowest BCUT2D eigenvalue weighted by molar-refractivity contribution is -0.140. The first-order valence-corrected chi connectivity index (χ1v) is 8.90. The Balaban J connectivity index is 1.43. The second-order valence-electron chi connectivity index (χ2n) is 5.94. The number of hydrogen-bond acceptors (Lipinski definition) is 4. The zero-order valence-electron chi connectivity index (χ0n) is 13.0. The van der Waals surface area contributed by atoms with Crippen LogP contribution < -0.4 is 5.32 Å². The van der Waals surface area contributed by atoms with Crippen LogP contribution in [0, 0.1) is 0 Å². The van der Waals surface area contributed by atoms with Crippen molar-refractivity contribution in [1.29, 1.82) is 0 Å². The lowest BCUT2D eigenvalue weighted by Gasteiger charge is -2.36. The highest BCUT2D eigenvalue weighted by Gasteiger charge is 2.32. The summed E-state index contributed by atoms with van der Waals surface area (Å²) in [7, 11) is 0. The van der Waals surface area contributed by atoms with E-state index in [0.29, 0.717) is 45.4 Å². The van der Waals surface area contributed by atoms with Gasteiger partial charge in [-0.2, -0.15) is 0 Å². The topological polar surface area (TPSA) is 69.7 Å². The Morgan fingerprint density at radius 3 is 2.57 bits per heavy atom. The molecule has 1 N–H and O–H groups in total. The van der Waals surface area contributed by atoms with E-state index in [1.165, 1.54) is 4.88 Å². The molecule has 1 aromatic rings. The zero-order chi connectivity index (χ0) is 16.2. The van der Waals surface area contributed by atoms with Crippen LogP contribution in [0.5, 0.6) is 0 Å². The largest absolute Gasteiger partial charge is 0.344 e. The molecule has 0 saturated carbocycles. The van der Waals surface area contributed by atoms with Gasteiger partial charge in [0, 0.05) is 43.9 Å². The van der Waals surface area contributed by atoms with E-state index in [2.05, 4.69) is 5.32 Å². The molecule has 7 heteroatoms. The first kappa shape index (κ1) is 16.0. The predicted octanol–water partition coefficient (Wildman–Crippen LogP) is 0.630. The van der Waals surface area contributed by atoms with Gasteiger partial charge in [-0.1, -0.05) is 6.07 Å². The molecule has 0 radical (unpaired) electrons. The fraction of sp³-hybridized carbons (Fsp3) is 0.562. The van der Waals surface area contributed by atoms with Crippen LogP contribution in [0.3, 0.4) is 0 Å². The van der Waals surface area contributed by atoms with E-state index in [1.807, 2.05) is 22.4 Å². The van der Waals surface area contributed by atoms with Crippen LogP contribution in [0.15, 0.2) is 17.5 Å². The zero-order valence-corrected chi connectivity index (χ0v) is 13.8. The molecule has 124 valence electrons. The van der Waals surface area contributed by atoms with Crippen molar-refractivity contribution >= 4 is 29.1 Å². The fourth-order valence-corrected chi connectivity index (χ4v) is 3.75. The van der Waals surface area contributed by atoms with Crippen molar-refractivity contribution in [2.75, 3.05) is 26.2 Å². The van der Waals surface area contributed by atoms with Gasteiger partial charge >= 0.3 is 0 Å². The van der Waals surface area contributed by atoms with E-state index in [1.54, 1.807) is 16.2 Å². The minimum Gasteiger partial charge on any atom is -0.344 e. The molecule has 0 bridgehead atoms.